The van der Waals surface area contributed by atoms with E-state index in [1.54, 1.807) is 0 Å². The highest BCUT2D eigenvalue weighted by atomic mass is 35.6. The van der Waals surface area contributed by atoms with E-state index >= 15 is 0 Å². The number of alkyl halides is 4. The first kappa shape index (κ1) is 17.8. The lowest BCUT2D eigenvalue weighted by Gasteiger charge is -2.11. The van der Waals surface area contributed by atoms with Crippen molar-refractivity contribution in [3.63, 3.8) is 0 Å². The summed E-state index contributed by atoms with van der Waals surface area (Å²) in [5.74, 6) is 0.749. The smallest absolute Gasteiger partial charge is 0.226 e. The molecule has 1 unspecified atom stereocenters. The molecule has 3 nitrogen and oxygen atoms in total. The van der Waals surface area contributed by atoms with E-state index in [1.165, 1.54) is 11.5 Å². The minimum Gasteiger partial charge on any atom is -0.246 e. The molecular formula is C16H11Cl4N3S. The van der Waals surface area contributed by atoms with Crippen molar-refractivity contribution in [3.05, 3.63) is 65.5 Å². The van der Waals surface area contributed by atoms with Gasteiger partial charge in [0.15, 0.2) is 11.3 Å². The van der Waals surface area contributed by atoms with Gasteiger partial charge in [-0.25, -0.2) is 8.95 Å². The van der Waals surface area contributed by atoms with Crippen molar-refractivity contribution in [1.29, 1.82) is 0 Å². The van der Waals surface area contributed by atoms with Gasteiger partial charge in [0.1, 0.15) is 0 Å². The Balaban J connectivity index is 2.15. The van der Waals surface area contributed by atoms with Crippen LogP contribution in [-0.4, -0.2) is 18.2 Å². The number of rotatable bonds is 3. The van der Waals surface area contributed by atoms with Crippen molar-refractivity contribution in [2.75, 3.05) is 0 Å². The maximum atomic E-state index is 6.04. The van der Waals surface area contributed by atoms with Crippen molar-refractivity contribution in [3.8, 4) is 17.1 Å². The molecular weight excluding hydrogens is 408 g/mol. The van der Waals surface area contributed by atoms with Gasteiger partial charge in [-0.3, -0.25) is 0 Å². The van der Waals surface area contributed by atoms with Gasteiger partial charge < -0.3 is 0 Å². The third-order valence-corrected chi connectivity index (χ3v) is 5.39. The van der Waals surface area contributed by atoms with E-state index < -0.39 is 9.29 Å². The van der Waals surface area contributed by atoms with Crippen molar-refractivity contribution in [2.45, 2.75) is 9.29 Å². The van der Waals surface area contributed by atoms with Crippen molar-refractivity contribution >= 4 is 57.9 Å². The largest absolute Gasteiger partial charge is 0.246 e. The normalized spacial score (nSPS) is 13.9. The van der Waals surface area contributed by atoms with Crippen LogP contribution in [-0.2, 0) is 0 Å². The topological polar surface area (TPSA) is 30.2 Å². The molecule has 0 aliphatic carbocycles. The summed E-state index contributed by atoms with van der Waals surface area (Å²) < 4.78 is 0.272. The van der Waals surface area contributed by atoms with Gasteiger partial charge in [-0.15, -0.1) is 0 Å². The fourth-order valence-electron chi connectivity index (χ4n) is 2.01. The number of halogens is 4. The van der Waals surface area contributed by atoms with Crippen LogP contribution in [0.2, 0.25) is 0 Å². The number of hydrogen-bond acceptors (Lipinski definition) is 3. The van der Waals surface area contributed by atoms with Crippen LogP contribution in [0.15, 0.2) is 65.7 Å². The number of nitrogens with zero attached hydrogens (tertiary/aromatic N) is 3. The third-order valence-electron chi connectivity index (χ3n) is 3.08. The number of para-hydroxylation sites is 1. The van der Waals surface area contributed by atoms with E-state index in [0.717, 1.165) is 17.1 Å². The number of benzene rings is 2. The lowest BCUT2D eigenvalue weighted by molar-refractivity contribution is 0.890. The minimum atomic E-state index is -1.70. The van der Waals surface area contributed by atoms with E-state index in [0.29, 0.717) is 4.80 Å². The Labute approximate surface area is 163 Å². The van der Waals surface area contributed by atoms with Crippen LogP contribution in [0.1, 0.15) is 0 Å². The molecule has 0 saturated heterocycles. The Morgan fingerprint density at radius 1 is 0.958 bits per heavy atom. The predicted octanol–water partition coefficient (Wildman–Crippen LogP) is 5.44. The van der Waals surface area contributed by atoms with Gasteiger partial charge in [0.05, 0.1) is 5.69 Å². The van der Waals surface area contributed by atoms with Gasteiger partial charge in [0, 0.05) is 5.56 Å². The van der Waals surface area contributed by atoms with Crippen LogP contribution < -0.4 is 4.80 Å². The lowest BCUT2D eigenvalue weighted by Crippen LogP contribution is -2.20. The van der Waals surface area contributed by atoms with E-state index in [-0.39, 0.29) is 0 Å². The zero-order valence-corrected chi connectivity index (χ0v) is 16.0. The second-order valence-corrected chi connectivity index (χ2v) is 8.51. The molecule has 0 bridgehead atoms. The predicted molar refractivity (Wildman–Crippen MR) is 102 cm³/mol. The molecule has 124 valence electrons. The summed E-state index contributed by atoms with van der Waals surface area (Å²) in [6, 6.07) is 19.7. The van der Waals surface area contributed by atoms with Crippen LogP contribution in [0.3, 0.4) is 0 Å². The van der Waals surface area contributed by atoms with Gasteiger partial charge in [-0.05, 0) is 23.7 Å². The van der Waals surface area contributed by atoms with Gasteiger partial charge in [0.2, 0.25) is 8.59 Å². The van der Waals surface area contributed by atoms with E-state index in [4.69, 9.17) is 46.4 Å². The molecule has 1 heterocycles. The summed E-state index contributed by atoms with van der Waals surface area (Å²) in [4.78, 5) is 9.22. The zero-order chi connectivity index (χ0) is 17.2. The maximum absolute atomic E-state index is 6.04. The van der Waals surface area contributed by atoms with Crippen LogP contribution in [0.5, 0.6) is 0 Å². The standard InChI is InChI=1S/C16H11Cl4N3S/c17-14(16(18,19)20)22-15-21-13(11-7-3-1-4-8-11)23(24-15)12-9-5-2-6-10-12/h1-10,14H. The molecule has 1 aromatic heterocycles. The Morgan fingerprint density at radius 3 is 2.12 bits per heavy atom. The molecule has 0 aliphatic rings. The quantitative estimate of drug-likeness (QED) is 0.411. The fourth-order valence-corrected chi connectivity index (χ4v) is 3.21. The molecule has 3 rings (SSSR count). The molecule has 0 fully saturated rings. The molecule has 2 aromatic carbocycles. The Kier molecular flexibility index (Phi) is 5.52. The van der Waals surface area contributed by atoms with Crippen molar-refractivity contribution < 1.29 is 0 Å². The van der Waals surface area contributed by atoms with Crippen molar-refractivity contribution in [1.82, 2.24) is 8.94 Å². The highest BCUT2D eigenvalue weighted by Crippen LogP contribution is 2.34. The Hall–Kier alpha value is -1.04. The SMILES string of the molecule is ClC(N=c1nc(-c2ccccc2)n(-c2ccccc2)s1)C(Cl)(Cl)Cl. The summed E-state index contributed by atoms with van der Waals surface area (Å²) in [5.41, 5.74) is 0.899. The highest BCUT2D eigenvalue weighted by Gasteiger charge is 2.30. The number of aromatic nitrogens is 2. The molecule has 8 heteroatoms. The molecule has 1 atom stereocenters. The molecule has 0 spiro atoms. The average Bonchev–Trinajstić information content (AvgIpc) is 2.99. The Bertz CT molecular complexity index is 810. The summed E-state index contributed by atoms with van der Waals surface area (Å²) in [5, 5.41) is 0. The monoisotopic (exact) mass is 417 g/mol. The minimum absolute atomic E-state index is 0.434. The van der Waals surface area contributed by atoms with E-state index in [1.807, 2.05) is 64.6 Å². The van der Waals surface area contributed by atoms with Gasteiger partial charge in [-0.1, -0.05) is 94.9 Å². The molecule has 0 aliphatic heterocycles. The first-order valence-electron chi connectivity index (χ1n) is 6.91. The maximum Gasteiger partial charge on any atom is 0.226 e. The van der Waals surface area contributed by atoms with Crippen LogP contribution >= 0.6 is 57.9 Å². The van der Waals surface area contributed by atoms with E-state index in [9.17, 15) is 0 Å². The second-order valence-electron chi connectivity index (χ2n) is 4.81. The first-order valence-corrected chi connectivity index (χ1v) is 9.25. The summed E-state index contributed by atoms with van der Waals surface area (Å²) in [6.45, 7) is 0. The molecule has 0 amide bonds. The molecule has 24 heavy (non-hydrogen) atoms. The zero-order valence-electron chi connectivity index (χ0n) is 12.1. The Morgan fingerprint density at radius 2 is 1.54 bits per heavy atom. The highest BCUT2D eigenvalue weighted by molar-refractivity contribution is 7.04. The molecule has 0 radical (unpaired) electrons. The summed E-state index contributed by atoms with van der Waals surface area (Å²) in [6.07, 6.45) is 0. The van der Waals surface area contributed by atoms with Crippen LogP contribution in [0.4, 0.5) is 0 Å². The molecule has 0 saturated carbocycles. The van der Waals surface area contributed by atoms with Gasteiger partial charge in [-0.2, -0.15) is 4.98 Å². The molecule has 0 N–H and O–H groups in total. The summed E-state index contributed by atoms with van der Waals surface area (Å²) in [7, 11) is 0. The van der Waals surface area contributed by atoms with Crippen LogP contribution in [0, 0.1) is 0 Å². The molecule has 3 aromatic rings. The fraction of sp³-hybridized carbons (Fsp3) is 0.125. The van der Waals surface area contributed by atoms with E-state index in [2.05, 4.69) is 9.98 Å². The number of hydrogen-bond donors (Lipinski definition) is 0. The van der Waals surface area contributed by atoms with Crippen molar-refractivity contribution in [2.24, 2.45) is 4.99 Å². The summed E-state index contributed by atoms with van der Waals surface area (Å²) >= 11 is 24.7. The first-order chi connectivity index (χ1) is 11.4. The lowest BCUT2D eigenvalue weighted by atomic mass is 10.2. The van der Waals surface area contributed by atoms with Gasteiger partial charge >= 0.3 is 0 Å². The van der Waals surface area contributed by atoms with Crippen LogP contribution in [0.25, 0.3) is 17.1 Å². The third kappa shape index (κ3) is 4.13. The second kappa shape index (κ2) is 7.46. The van der Waals surface area contributed by atoms with Gasteiger partial charge in [0.25, 0.3) is 0 Å². The average molecular weight is 419 g/mol.